The van der Waals surface area contributed by atoms with Crippen LogP contribution in [0.3, 0.4) is 0 Å². The molecule has 0 aliphatic rings. The monoisotopic (exact) mass is 205 g/mol. The van der Waals surface area contributed by atoms with Gasteiger partial charge in [-0.3, -0.25) is 9.78 Å². The van der Waals surface area contributed by atoms with Crippen LogP contribution in [0.5, 0.6) is 0 Å². The summed E-state index contributed by atoms with van der Waals surface area (Å²) in [6.45, 7) is 2.85. The van der Waals surface area contributed by atoms with Gasteiger partial charge in [0, 0.05) is 6.54 Å². The molecular formula is C8H12BN5O. The van der Waals surface area contributed by atoms with E-state index in [4.69, 9.17) is 5.73 Å². The van der Waals surface area contributed by atoms with E-state index in [1.807, 2.05) is 12.4 Å². The molecule has 0 atom stereocenters. The molecule has 0 aliphatic carbocycles. The molecule has 6 nitrogen and oxygen atoms in total. The zero-order chi connectivity index (χ0) is 11.0. The molecule has 0 bridgehead atoms. The first-order valence-electron chi connectivity index (χ1n) is 4.86. The van der Waals surface area contributed by atoms with Crippen molar-refractivity contribution in [2.24, 2.45) is 0 Å². The topological polar surface area (TPSA) is 89.6 Å². The third-order valence-electron chi connectivity index (χ3n) is 2.26. The number of nitrogen functional groups attached to an aromatic ring is 1. The van der Waals surface area contributed by atoms with Crippen LogP contribution < -0.4 is 17.0 Å². The Morgan fingerprint density at radius 1 is 1.53 bits per heavy atom. The molecule has 0 aromatic carbocycles. The minimum atomic E-state index is -0.282. The number of fused-ring (bicyclic) bond motifs is 1. The van der Waals surface area contributed by atoms with Gasteiger partial charge in [-0.15, -0.1) is 0 Å². The molecule has 0 amide bonds. The van der Waals surface area contributed by atoms with E-state index in [9.17, 15) is 4.79 Å². The zero-order valence-corrected chi connectivity index (χ0v) is 8.74. The average Bonchev–Trinajstić information content (AvgIpc) is 2.46. The highest BCUT2D eigenvalue weighted by atomic mass is 16.1. The lowest BCUT2D eigenvalue weighted by molar-refractivity contribution is 0.708. The van der Waals surface area contributed by atoms with Gasteiger partial charge in [-0.1, -0.05) is 6.92 Å². The van der Waals surface area contributed by atoms with E-state index in [0.717, 1.165) is 18.7 Å². The Hall–Kier alpha value is -1.79. The van der Waals surface area contributed by atoms with Gasteiger partial charge in [0.1, 0.15) is 0 Å². The molecule has 3 N–H and O–H groups in total. The van der Waals surface area contributed by atoms with E-state index in [1.165, 1.54) is 0 Å². The van der Waals surface area contributed by atoms with E-state index in [1.54, 1.807) is 0 Å². The van der Waals surface area contributed by atoms with Crippen LogP contribution in [-0.4, -0.2) is 27.4 Å². The molecule has 0 aliphatic heterocycles. The van der Waals surface area contributed by atoms with Crippen molar-refractivity contribution >= 4 is 30.7 Å². The van der Waals surface area contributed by atoms with Crippen molar-refractivity contribution in [2.75, 3.05) is 5.73 Å². The fraction of sp³-hybridized carbons (Fsp3) is 0.375. The molecular weight excluding hydrogens is 193 g/mol. The number of nitrogens with two attached hydrogens (primary N) is 1. The molecule has 78 valence electrons. The highest BCUT2D eigenvalue weighted by Gasteiger charge is 2.11. The Balaban J connectivity index is 2.80. The van der Waals surface area contributed by atoms with E-state index < -0.39 is 0 Å². The Morgan fingerprint density at radius 3 is 2.93 bits per heavy atom. The van der Waals surface area contributed by atoms with Gasteiger partial charge in [-0.25, -0.2) is 4.98 Å². The van der Waals surface area contributed by atoms with E-state index in [2.05, 4.69) is 21.9 Å². The number of imidazole rings is 1. The second kappa shape index (κ2) is 3.41. The first-order valence-corrected chi connectivity index (χ1v) is 4.86. The number of hydrogen-bond acceptors (Lipinski definition) is 4. The maximum Gasteiger partial charge on any atom is 0.280 e. The number of rotatable bonds is 2. The summed E-state index contributed by atoms with van der Waals surface area (Å²) in [4.78, 5) is 22.2. The van der Waals surface area contributed by atoms with Crippen LogP contribution in [0.2, 0.25) is 0 Å². The van der Waals surface area contributed by atoms with Crippen molar-refractivity contribution in [2.45, 2.75) is 19.9 Å². The van der Waals surface area contributed by atoms with Gasteiger partial charge >= 0.3 is 0 Å². The Labute approximate surface area is 86.9 Å². The first kappa shape index (κ1) is 9.76. The number of aromatic nitrogens is 4. The Bertz CT molecular complexity index is 558. The van der Waals surface area contributed by atoms with Crippen LogP contribution in [0.25, 0.3) is 11.2 Å². The van der Waals surface area contributed by atoms with Crippen molar-refractivity contribution in [3.63, 3.8) is 0 Å². The standard InChI is InChI=1S/C8H12BN5O/c1-2-3-14-5-4(11-7(14)9)6(15)13-8(10)12-5/h2-3,9H2,1H3,(H3,10,12,13,15). The summed E-state index contributed by atoms with van der Waals surface area (Å²) in [5.41, 5.74) is 6.92. The predicted octanol–water partition coefficient (Wildman–Crippen LogP) is -1.63. The van der Waals surface area contributed by atoms with Gasteiger partial charge < -0.3 is 10.3 Å². The highest BCUT2D eigenvalue weighted by molar-refractivity contribution is 6.30. The van der Waals surface area contributed by atoms with Crippen LogP contribution in [0.15, 0.2) is 4.79 Å². The summed E-state index contributed by atoms with van der Waals surface area (Å²) in [6.07, 6.45) is 0.959. The molecule has 0 radical (unpaired) electrons. The summed E-state index contributed by atoms with van der Waals surface area (Å²) in [5.74, 6) is 0.129. The van der Waals surface area contributed by atoms with Crippen molar-refractivity contribution < 1.29 is 0 Å². The maximum atomic E-state index is 11.5. The van der Waals surface area contributed by atoms with Gasteiger partial charge in [-0.05, 0) is 6.42 Å². The molecule has 0 fully saturated rings. The predicted molar refractivity (Wildman–Crippen MR) is 61.0 cm³/mol. The van der Waals surface area contributed by atoms with Gasteiger partial charge in [0.2, 0.25) is 5.95 Å². The largest absolute Gasteiger partial charge is 0.369 e. The zero-order valence-electron chi connectivity index (χ0n) is 8.74. The van der Waals surface area contributed by atoms with Crippen molar-refractivity contribution in [1.29, 1.82) is 0 Å². The Morgan fingerprint density at radius 2 is 2.27 bits per heavy atom. The number of anilines is 1. The van der Waals surface area contributed by atoms with E-state index >= 15 is 0 Å². The number of nitrogens with zero attached hydrogens (tertiary/aromatic N) is 3. The smallest absolute Gasteiger partial charge is 0.280 e. The first-order chi connectivity index (χ1) is 7.13. The lowest BCUT2D eigenvalue weighted by Gasteiger charge is -2.03. The number of H-pyrrole nitrogens is 1. The summed E-state index contributed by atoms with van der Waals surface area (Å²) < 4.78 is 1.90. The van der Waals surface area contributed by atoms with Crippen molar-refractivity contribution in [3.8, 4) is 0 Å². The third kappa shape index (κ3) is 1.49. The molecule has 2 rings (SSSR count). The molecule has 2 heterocycles. The van der Waals surface area contributed by atoms with Gasteiger partial charge in [0.25, 0.3) is 5.56 Å². The molecule has 0 spiro atoms. The minimum absolute atomic E-state index is 0.129. The number of nitrogens with one attached hydrogen (secondary N) is 1. The maximum absolute atomic E-state index is 11.5. The molecule has 15 heavy (non-hydrogen) atoms. The SMILES string of the molecule is Bc1nc2c(=O)[nH]c(N)nc2n1CCC. The second-order valence-corrected chi connectivity index (χ2v) is 3.43. The lowest BCUT2D eigenvalue weighted by Crippen LogP contribution is -2.19. The number of aromatic amines is 1. The number of aryl methyl sites for hydroxylation is 1. The third-order valence-corrected chi connectivity index (χ3v) is 2.26. The number of hydrogen-bond donors (Lipinski definition) is 2. The van der Waals surface area contributed by atoms with Gasteiger partial charge in [0.15, 0.2) is 19.0 Å². The summed E-state index contributed by atoms with van der Waals surface area (Å²) in [6, 6.07) is 0. The van der Waals surface area contributed by atoms with Crippen molar-refractivity contribution in [3.05, 3.63) is 10.4 Å². The van der Waals surface area contributed by atoms with Crippen LogP contribution in [0.4, 0.5) is 5.95 Å². The normalized spacial score (nSPS) is 11.0. The van der Waals surface area contributed by atoms with Gasteiger partial charge in [0.05, 0.1) is 5.72 Å². The van der Waals surface area contributed by atoms with Crippen molar-refractivity contribution in [1.82, 2.24) is 19.5 Å². The summed E-state index contributed by atoms with van der Waals surface area (Å²) in [7, 11) is 1.85. The highest BCUT2D eigenvalue weighted by Crippen LogP contribution is 2.04. The van der Waals surface area contributed by atoms with Gasteiger partial charge in [-0.2, -0.15) is 4.98 Å². The summed E-state index contributed by atoms with van der Waals surface area (Å²) in [5, 5.41) is 0. The molecule has 0 saturated carbocycles. The minimum Gasteiger partial charge on any atom is -0.369 e. The quantitative estimate of drug-likeness (QED) is 0.576. The lowest BCUT2D eigenvalue weighted by atomic mass is 10.1. The fourth-order valence-corrected chi connectivity index (χ4v) is 1.63. The molecule has 7 heteroatoms. The second-order valence-electron chi connectivity index (χ2n) is 3.43. The van der Waals surface area contributed by atoms with E-state index in [0.29, 0.717) is 11.2 Å². The van der Waals surface area contributed by atoms with E-state index in [-0.39, 0.29) is 11.5 Å². The molecule has 0 unspecified atom stereocenters. The molecule has 0 saturated heterocycles. The van der Waals surface area contributed by atoms with Crippen LogP contribution >= 0.6 is 0 Å². The summed E-state index contributed by atoms with van der Waals surface area (Å²) >= 11 is 0. The Kier molecular flexibility index (Phi) is 2.22. The average molecular weight is 205 g/mol. The van der Waals surface area contributed by atoms with Crippen LogP contribution in [0.1, 0.15) is 13.3 Å². The fourth-order valence-electron chi connectivity index (χ4n) is 1.63. The molecule has 2 aromatic heterocycles. The van der Waals surface area contributed by atoms with Crippen LogP contribution in [-0.2, 0) is 6.54 Å². The molecule has 2 aromatic rings. The van der Waals surface area contributed by atoms with Crippen LogP contribution in [0, 0.1) is 0 Å².